The molecule has 0 spiro atoms. The van der Waals surface area contributed by atoms with Crippen LogP contribution in [0, 0.1) is 0 Å². The van der Waals surface area contributed by atoms with Crippen molar-refractivity contribution >= 4 is 16.7 Å². The second-order valence-electron chi connectivity index (χ2n) is 4.86. The van der Waals surface area contributed by atoms with Crippen molar-refractivity contribution in [3.63, 3.8) is 0 Å². The van der Waals surface area contributed by atoms with Crippen molar-refractivity contribution in [1.29, 1.82) is 0 Å². The molecule has 0 saturated heterocycles. The molecule has 0 radical (unpaired) electrons. The fraction of sp³-hybridized carbons (Fsp3) is 0.400. The topological polar surface area (TPSA) is 71.6 Å². The Morgan fingerprint density at radius 1 is 1.40 bits per heavy atom. The molecule has 0 amide bonds. The minimum Gasteiger partial charge on any atom is -0.389 e. The summed E-state index contributed by atoms with van der Waals surface area (Å²) in [7, 11) is 3.47. The number of aliphatic hydroxyl groups is 1. The van der Waals surface area contributed by atoms with E-state index in [1.54, 1.807) is 7.11 Å². The van der Waals surface area contributed by atoms with Gasteiger partial charge in [-0.15, -0.1) is 0 Å². The molecular weight excluding hydrogens is 254 g/mol. The highest BCUT2D eigenvalue weighted by atomic mass is 16.5. The minimum atomic E-state index is -0.552. The highest BCUT2D eigenvalue weighted by Crippen LogP contribution is 2.22. The van der Waals surface area contributed by atoms with Crippen molar-refractivity contribution in [2.24, 2.45) is 5.73 Å². The summed E-state index contributed by atoms with van der Waals surface area (Å²) in [6, 6.07) is 9.98. The molecule has 0 aliphatic carbocycles. The molecule has 3 N–H and O–H groups in total. The first-order valence-electron chi connectivity index (χ1n) is 6.62. The first kappa shape index (κ1) is 14.7. The van der Waals surface area contributed by atoms with Gasteiger partial charge in [0.2, 0.25) is 0 Å². The van der Waals surface area contributed by atoms with E-state index in [1.165, 1.54) is 0 Å². The van der Waals surface area contributed by atoms with Crippen molar-refractivity contribution in [3.8, 4) is 0 Å². The molecule has 0 aliphatic heterocycles. The van der Waals surface area contributed by atoms with Crippen LogP contribution in [0.5, 0.6) is 0 Å². The molecule has 2 aromatic rings. The number of rotatable bonds is 6. The number of para-hydroxylation sites is 1. The number of likely N-dealkylation sites (N-methyl/N-ethyl adjacent to an activating group) is 1. The molecule has 0 aliphatic rings. The Hall–Kier alpha value is -1.69. The number of nitrogens with two attached hydrogens (primary N) is 1. The van der Waals surface area contributed by atoms with E-state index in [0.29, 0.717) is 19.7 Å². The largest absolute Gasteiger partial charge is 0.389 e. The Labute approximate surface area is 119 Å². The zero-order chi connectivity index (χ0) is 14.5. The molecule has 5 nitrogen and oxygen atoms in total. The molecule has 1 heterocycles. The Morgan fingerprint density at radius 3 is 2.85 bits per heavy atom. The molecule has 0 bridgehead atoms. The third-order valence-corrected chi connectivity index (χ3v) is 3.21. The van der Waals surface area contributed by atoms with E-state index in [1.807, 2.05) is 36.2 Å². The predicted octanol–water partition coefficient (Wildman–Crippen LogP) is 1.14. The Kier molecular flexibility index (Phi) is 4.89. The fourth-order valence-electron chi connectivity index (χ4n) is 2.28. The molecule has 1 unspecified atom stereocenters. The maximum Gasteiger partial charge on any atom is 0.133 e. The summed E-state index contributed by atoms with van der Waals surface area (Å²) in [4.78, 5) is 6.57. The van der Waals surface area contributed by atoms with Crippen LogP contribution in [-0.2, 0) is 11.3 Å². The summed E-state index contributed by atoms with van der Waals surface area (Å²) in [5.41, 5.74) is 7.71. The summed E-state index contributed by atoms with van der Waals surface area (Å²) in [5, 5.41) is 10.9. The van der Waals surface area contributed by atoms with E-state index in [4.69, 9.17) is 10.5 Å². The van der Waals surface area contributed by atoms with Gasteiger partial charge in [-0.3, -0.25) is 0 Å². The smallest absolute Gasteiger partial charge is 0.133 e. The van der Waals surface area contributed by atoms with Crippen molar-refractivity contribution < 1.29 is 9.84 Å². The molecule has 108 valence electrons. The normalized spacial score (nSPS) is 12.6. The zero-order valence-electron chi connectivity index (χ0n) is 11.9. The average Bonchev–Trinajstić information content (AvgIpc) is 2.45. The summed E-state index contributed by atoms with van der Waals surface area (Å²) >= 11 is 0. The number of fused-ring (bicyclic) bond motifs is 1. The van der Waals surface area contributed by atoms with Crippen LogP contribution in [0.25, 0.3) is 10.9 Å². The predicted molar refractivity (Wildman–Crippen MR) is 80.8 cm³/mol. The molecule has 5 heteroatoms. The van der Waals surface area contributed by atoms with Crippen molar-refractivity contribution in [1.82, 2.24) is 4.98 Å². The maximum absolute atomic E-state index is 9.83. The van der Waals surface area contributed by atoms with E-state index in [0.717, 1.165) is 22.3 Å². The summed E-state index contributed by atoms with van der Waals surface area (Å²) in [6.07, 6.45) is -0.552. The van der Waals surface area contributed by atoms with Crippen molar-refractivity contribution in [2.75, 3.05) is 32.2 Å². The maximum atomic E-state index is 9.83. The molecular formula is C15H21N3O2. The van der Waals surface area contributed by atoms with Gasteiger partial charge in [0, 0.05) is 38.2 Å². The SMILES string of the molecule is COCC(O)CN(C)c1nc2ccccc2cc1CN. The van der Waals surface area contributed by atoms with E-state index in [2.05, 4.69) is 11.1 Å². The van der Waals surface area contributed by atoms with Crippen molar-refractivity contribution in [2.45, 2.75) is 12.6 Å². The lowest BCUT2D eigenvalue weighted by atomic mass is 10.1. The first-order chi connectivity index (χ1) is 9.65. The minimum absolute atomic E-state index is 0.301. The lowest BCUT2D eigenvalue weighted by Gasteiger charge is -2.24. The van der Waals surface area contributed by atoms with Gasteiger partial charge in [0.25, 0.3) is 0 Å². The number of ether oxygens (including phenoxy) is 1. The van der Waals surface area contributed by atoms with Crippen LogP contribution in [0.2, 0.25) is 0 Å². The third-order valence-electron chi connectivity index (χ3n) is 3.21. The number of hydrogen-bond donors (Lipinski definition) is 2. The van der Waals surface area contributed by atoms with Crippen LogP contribution >= 0.6 is 0 Å². The van der Waals surface area contributed by atoms with E-state index in [-0.39, 0.29) is 0 Å². The molecule has 0 saturated carbocycles. The standard InChI is InChI=1S/C15H21N3O2/c1-18(9-13(19)10-20-2)15-12(8-16)7-11-5-3-4-6-14(11)17-15/h3-7,13,19H,8-10,16H2,1-2H3. The number of pyridine rings is 1. The third kappa shape index (κ3) is 3.25. The number of benzene rings is 1. The molecule has 1 aromatic heterocycles. The number of aromatic nitrogens is 1. The fourth-order valence-corrected chi connectivity index (χ4v) is 2.28. The Bertz CT molecular complexity index is 574. The van der Waals surface area contributed by atoms with Gasteiger partial charge in [-0.2, -0.15) is 0 Å². The van der Waals surface area contributed by atoms with Crippen LogP contribution in [-0.4, -0.2) is 43.5 Å². The Balaban J connectivity index is 2.31. The molecule has 1 atom stereocenters. The van der Waals surface area contributed by atoms with E-state index < -0.39 is 6.10 Å². The summed E-state index contributed by atoms with van der Waals surface area (Å²) < 4.78 is 4.95. The monoisotopic (exact) mass is 275 g/mol. The lowest BCUT2D eigenvalue weighted by Crippen LogP contribution is -2.33. The molecule has 2 rings (SSSR count). The van der Waals surface area contributed by atoms with Gasteiger partial charge in [0.05, 0.1) is 18.2 Å². The number of hydrogen-bond acceptors (Lipinski definition) is 5. The van der Waals surface area contributed by atoms with Crippen molar-refractivity contribution in [3.05, 3.63) is 35.9 Å². The number of aliphatic hydroxyl groups excluding tert-OH is 1. The van der Waals surface area contributed by atoms with Gasteiger partial charge in [0.15, 0.2) is 0 Å². The molecule has 0 fully saturated rings. The first-order valence-corrected chi connectivity index (χ1v) is 6.62. The second-order valence-corrected chi connectivity index (χ2v) is 4.86. The highest BCUT2D eigenvalue weighted by Gasteiger charge is 2.14. The molecule has 1 aromatic carbocycles. The van der Waals surface area contributed by atoms with Gasteiger partial charge < -0.3 is 20.5 Å². The number of nitrogens with zero attached hydrogens (tertiary/aromatic N) is 2. The van der Waals surface area contributed by atoms with Gasteiger partial charge in [-0.25, -0.2) is 4.98 Å². The van der Waals surface area contributed by atoms with Gasteiger partial charge in [-0.05, 0) is 12.1 Å². The van der Waals surface area contributed by atoms with Crippen LogP contribution in [0.3, 0.4) is 0 Å². The molecule has 20 heavy (non-hydrogen) atoms. The highest BCUT2D eigenvalue weighted by molar-refractivity contribution is 5.81. The quantitative estimate of drug-likeness (QED) is 0.827. The number of methoxy groups -OCH3 is 1. The van der Waals surface area contributed by atoms with Gasteiger partial charge in [0.1, 0.15) is 5.82 Å². The van der Waals surface area contributed by atoms with Crippen LogP contribution in [0.15, 0.2) is 30.3 Å². The van der Waals surface area contributed by atoms with Gasteiger partial charge >= 0.3 is 0 Å². The summed E-state index contributed by atoms with van der Waals surface area (Å²) in [6.45, 7) is 1.17. The van der Waals surface area contributed by atoms with Crippen LogP contribution < -0.4 is 10.6 Å². The summed E-state index contributed by atoms with van der Waals surface area (Å²) in [5.74, 6) is 0.807. The second kappa shape index (κ2) is 6.65. The number of anilines is 1. The van der Waals surface area contributed by atoms with Crippen LogP contribution in [0.4, 0.5) is 5.82 Å². The lowest BCUT2D eigenvalue weighted by molar-refractivity contribution is 0.0694. The van der Waals surface area contributed by atoms with E-state index in [9.17, 15) is 5.11 Å². The zero-order valence-corrected chi connectivity index (χ0v) is 11.9. The average molecular weight is 275 g/mol. The van der Waals surface area contributed by atoms with Crippen LogP contribution in [0.1, 0.15) is 5.56 Å². The van der Waals surface area contributed by atoms with Gasteiger partial charge in [-0.1, -0.05) is 18.2 Å². The Morgan fingerprint density at radius 2 is 2.15 bits per heavy atom. The van der Waals surface area contributed by atoms with E-state index >= 15 is 0 Å².